The van der Waals surface area contributed by atoms with Gasteiger partial charge >= 0.3 is 0 Å². The van der Waals surface area contributed by atoms with Crippen LogP contribution >= 0.6 is 11.3 Å². The zero-order chi connectivity index (χ0) is 14.4. The van der Waals surface area contributed by atoms with Gasteiger partial charge in [-0.05, 0) is 18.2 Å². The maximum atomic E-state index is 11.8. The molecule has 0 spiro atoms. The van der Waals surface area contributed by atoms with Crippen molar-refractivity contribution >= 4 is 17.2 Å². The van der Waals surface area contributed by atoms with Gasteiger partial charge in [0.2, 0.25) is 5.56 Å². The highest BCUT2D eigenvalue weighted by molar-refractivity contribution is 7.12. The van der Waals surface area contributed by atoms with E-state index in [4.69, 9.17) is 5.73 Å². The lowest BCUT2D eigenvalue weighted by Gasteiger charge is -2.02. The lowest BCUT2D eigenvalue weighted by molar-refractivity contribution is 0.0946. The summed E-state index contributed by atoms with van der Waals surface area (Å²) in [4.78, 5) is 27.3. The smallest absolute Gasteiger partial charge is 0.268 e. The van der Waals surface area contributed by atoms with E-state index in [1.165, 1.54) is 17.4 Å². The van der Waals surface area contributed by atoms with Crippen molar-refractivity contribution in [3.05, 3.63) is 56.1 Å². The number of aromatic nitrogens is 1. The zero-order valence-electron chi connectivity index (χ0n) is 10.6. The maximum Gasteiger partial charge on any atom is 0.268 e. The Bertz CT molecular complexity index is 722. The summed E-state index contributed by atoms with van der Waals surface area (Å²) in [7, 11) is 0. The van der Waals surface area contributed by atoms with Crippen molar-refractivity contribution < 1.29 is 4.79 Å². The second-order valence-corrected chi connectivity index (χ2v) is 5.05. The van der Waals surface area contributed by atoms with Gasteiger partial charge in [0.05, 0.1) is 18.0 Å². The average Bonchev–Trinajstić information content (AvgIpc) is 2.90. The van der Waals surface area contributed by atoms with Gasteiger partial charge in [-0.15, -0.1) is 11.3 Å². The zero-order valence-corrected chi connectivity index (χ0v) is 11.4. The van der Waals surface area contributed by atoms with E-state index in [1.54, 1.807) is 12.1 Å². The van der Waals surface area contributed by atoms with Crippen LogP contribution in [0.1, 0.15) is 20.2 Å². The molecule has 0 saturated heterocycles. The Kier molecular flexibility index (Phi) is 4.71. The lowest BCUT2D eigenvalue weighted by atomic mass is 10.3. The molecule has 2 aromatic rings. The molecule has 0 bridgehead atoms. The monoisotopic (exact) mass is 287 g/mol. The number of hydrogen-bond donors (Lipinski definition) is 3. The minimum atomic E-state index is -0.314. The molecule has 0 unspecified atom stereocenters. The van der Waals surface area contributed by atoms with Crippen molar-refractivity contribution in [3.8, 4) is 11.8 Å². The fourth-order valence-electron chi connectivity index (χ4n) is 1.52. The fourth-order valence-corrected chi connectivity index (χ4v) is 2.34. The second-order valence-electron chi connectivity index (χ2n) is 3.88. The van der Waals surface area contributed by atoms with E-state index < -0.39 is 0 Å². The van der Waals surface area contributed by atoms with Gasteiger partial charge < -0.3 is 16.0 Å². The first-order valence-corrected chi connectivity index (χ1v) is 6.76. The Hall–Kier alpha value is -2.36. The number of thiophene rings is 1. The first-order chi connectivity index (χ1) is 9.69. The first-order valence-electron chi connectivity index (χ1n) is 5.94. The molecule has 102 valence electrons. The van der Waals surface area contributed by atoms with Gasteiger partial charge in [0.15, 0.2) is 0 Å². The summed E-state index contributed by atoms with van der Waals surface area (Å²) < 4.78 is 0. The van der Waals surface area contributed by atoms with Gasteiger partial charge in [0.25, 0.3) is 5.91 Å². The van der Waals surface area contributed by atoms with E-state index in [0.717, 1.165) is 9.75 Å². The molecule has 0 radical (unpaired) electrons. The molecule has 4 N–H and O–H groups in total. The van der Waals surface area contributed by atoms with Crippen LogP contribution in [0.2, 0.25) is 0 Å². The largest absolute Gasteiger partial charge is 0.346 e. The second kappa shape index (κ2) is 6.70. The summed E-state index contributed by atoms with van der Waals surface area (Å²) in [5.74, 6) is 5.40. The predicted octanol–water partition coefficient (Wildman–Crippen LogP) is 0.677. The average molecular weight is 287 g/mol. The minimum absolute atomic E-state index is 0.247. The van der Waals surface area contributed by atoms with E-state index in [2.05, 4.69) is 22.1 Å². The fraction of sp³-hybridized carbons (Fsp3) is 0.143. The Morgan fingerprint density at radius 1 is 1.35 bits per heavy atom. The third-order valence-corrected chi connectivity index (χ3v) is 3.41. The van der Waals surface area contributed by atoms with Crippen LogP contribution in [0.25, 0.3) is 0 Å². The first kappa shape index (κ1) is 14.1. The third-order valence-electron chi connectivity index (χ3n) is 2.41. The molecule has 1 amide bonds. The molecule has 0 aliphatic carbocycles. The number of carbonyl (C=O) groups is 1. The normalized spacial score (nSPS) is 9.65. The van der Waals surface area contributed by atoms with Gasteiger partial charge in [0.1, 0.15) is 5.69 Å². The summed E-state index contributed by atoms with van der Waals surface area (Å²) >= 11 is 1.50. The number of H-pyrrole nitrogens is 1. The number of amides is 1. The molecular formula is C14H13N3O2S. The summed E-state index contributed by atoms with van der Waals surface area (Å²) in [5, 5.41) is 2.74. The molecular weight excluding hydrogens is 274 g/mol. The van der Waals surface area contributed by atoms with Crippen molar-refractivity contribution in [3.63, 3.8) is 0 Å². The van der Waals surface area contributed by atoms with Crippen molar-refractivity contribution in [2.45, 2.75) is 6.54 Å². The summed E-state index contributed by atoms with van der Waals surface area (Å²) in [6, 6.07) is 8.25. The predicted molar refractivity (Wildman–Crippen MR) is 78.5 cm³/mol. The molecule has 2 aromatic heterocycles. The minimum Gasteiger partial charge on any atom is -0.346 e. The topological polar surface area (TPSA) is 88.0 Å². The SMILES string of the molecule is NCC#Cc1ccc(CNC(=O)c2cccc(=O)[nH]2)s1. The van der Waals surface area contributed by atoms with Crippen LogP contribution in [0.15, 0.2) is 35.1 Å². The van der Waals surface area contributed by atoms with Crippen LogP contribution in [0, 0.1) is 11.8 Å². The van der Waals surface area contributed by atoms with E-state index >= 15 is 0 Å². The number of pyridine rings is 1. The molecule has 0 atom stereocenters. The summed E-state index contributed by atoms with van der Waals surface area (Å²) in [6.07, 6.45) is 0. The van der Waals surface area contributed by atoms with Crippen LogP contribution < -0.4 is 16.6 Å². The van der Waals surface area contributed by atoms with Crippen molar-refractivity contribution in [2.75, 3.05) is 6.54 Å². The standard InChI is InChI=1S/C14H13N3O2S/c15-8-2-3-10-6-7-11(20-10)9-16-14(19)12-4-1-5-13(18)17-12/h1,4-7H,8-9,15H2,(H,16,19)(H,17,18). The summed E-state index contributed by atoms with van der Waals surface area (Å²) in [5.41, 5.74) is 5.25. The Morgan fingerprint density at radius 2 is 2.20 bits per heavy atom. The van der Waals surface area contributed by atoms with E-state index in [0.29, 0.717) is 13.1 Å². The third kappa shape index (κ3) is 3.82. The van der Waals surface area contributed by atoms with E-state index in [-0.39, 0.29) is 17.2 Å². The number of hydrogen-bond acceptors (Lipinski definition) is 4. The number of nitrogens with two attached hydrogens (primary N) is 1. The Balaban J connectivity index is 1.96. The van der Waals surface area contributed by atoms with Crippen LogP contribution in [0.5, 0.6) is 0 Å². The molecule has 0 aromatic carbocycles. The van der Waals surface area contributed by atoms with Crippen LogP contribution in [-0.4, -0.2) is 17.4 Å². The van der Waals surface area contributed by atoms with Gasteiger partial charge in [0, 0.05) is 10.9 Å². The van der Waals surface area contributed by atoms with Crippen molar-refractivity contribution in [1.29, 1.82) is 0 Å². The lowest BCUT2D eigenvalue weighted by Crippen LogP contribution is -2.25. The number of aromatic amines is 1. The molecule has 2 heterocycles. The molecule has 0 fully saturated rings. The quantitative estimate of drug-likeness (QED) is 0.725. The van der Waals surface area contributed by atoms with Crippen molar-refractivity contribution in [2.24, 2.45) is 5.73 Å². The molecule has 6 heteroatoms. The van der Waals surface area contributed by atoms with Crippen LogP contribution in [0.4, 0.5) is 0 Å². The highest BCUT2D eigenvalue weighted by Gasteiger charge is 2.06. The highest BCUT2D eigenvalue weighted by Crippen LogP contribution is 2.15. The number of nitrogens with one attached hydrogen (secondary N) is 2. The Labute approximate surface area is 119 Å². The number of carbonyl (C=O) groups excluding carboxylic acids is 1. The van der Waals surface area contributed by atoms with Crippen LogP contribution in [-0.2, 0) is 6.54 Å². The van der Waals surface area contributed by atoms with E-state index in [9.17, 15) is 9.59 Å². The molecule has 5 nitrogen and oxygen atoms in total. The molecule has 0 saturated carbocycles. The molecule has 0 aliphatic heterocycles. The summed E-state index contributed by atoms with van der Waals surface area (Å²) in [6.45, 7) is 0.718. The van der Waals surface area contributed by atoms with Gasteiger partial charge in [-0.25, -0.2) is 0 Å². The van der Waals surface area contributed by atoms with E-state index in [1.807, 2.05) is 12.1 Å². The molecule has 0 aliphatic rings. The Morgan fingerprint density at radius 3 is 2.95 bits per heavy atom. The molecule has 20 heavy (non-hydrogen) atoms. The number of rotatable bonds is 3. The highest BCUT2D eigenvalue weighted by atomic mass is 32.1. The van der Waals surface area contributed by atoms with Crippen LogP contribution in [0.3, 0.4) is 0 Å². The van der Waals surface area contributed by atoms with Gasteiger partial charge in [-0.1, -0.05) is 17.9 Å². The molecule has 2 rings (SSSR count). The van der Waals surface area contributed by atoms with Gasteiger partial charge in [-0.2, -0.15) is 0 Å². The van der Waals surface area contributed by atoms with Crippen molar-refractivity contribution in [1.82, 2.24) is 10.3 Å². The van der Waals surface area contributed by atoms with Gasteiger partial charge in [-0.3, -0.25) is 9.59 Å². The maximum absolute atomic E-state index is 11.8.